The van der Waals surface area contributed by atoms with Crippen LogP contribution in [0.25, 0.3) is 0 Å². The van der Waals surface area contributed by atoms with Crippen molar-refractivity contribution in [1.82, 2.24) is 4.90 Å². The first-order valence-electron chi connectivity index (χ1n) is 12.0. The van der Waals surface area contributed by atoms with Gasteiger partial charge >= 0.3 is 5.97 Å². The number of allylic oxidation sites excluding steroid dienone is 2. The third kappa shape index (κ3) is 4.27. The van der Waals surface area contributed by atoms with Crippen molar-refractivity contribution < 1.29 is 23.9 Å². The number of hydrogen-bond acceptors (Lipinski definition) is 5. The minimum atomic E-state index is -1.11. The number of nitrogens with zero attached hydrogens (tertiary/aromatic N) is 1. The Morgan fingerprint density at radius 1 is 0.971 bits per heavy atom. The van der Waals surface area contributed by atoms with E-state index in [1.54, 1.807) is 6.07 Å². The molecule has 35 heavy (non-hydrogen) atoms. The smallest absolute Gasteiger partial charge is 0.330 e. The molecule has 1 heterocycles. The molecule has 2 fully saturated rings. The molecule has 1 aliphatic heterocycles. The molecule has 5 rings (SSSR count). The lowest BCUT2D eigenvalue weighted by molar-refractivity contribution is -0.160. The number of carbonyl (C=O) groups excluding carboxylic acids is 4. The standard InChI is InChI=1S/C28H28N2O5/c1-16-8-11-21(12-17(16)2)29-23(31)15-35-28(34)22(13-18-6-4-3-5-7-18)30-26(32)24-19-9-10-20(14-19)25(24)27(30)33/h3-12,19-20,22,24-25H,13-15H2,1-2H3,(H,29,31)/t19-,20-,22+,24-,25+/m0/s1. The van der Waals surface area contributed by atoms with Crippen molar-refractivity contribution in [3.8, 4) is 0 Å². The highest BCUT2D eigenvalue weighted by Crippen LogP contribution is 2.53. The lowest BCUT2D eigenvalue weighted by Gasteiger charge is -2.26. The zero-order valence-electron chi connectivity index (χ0n) is 19.8. The molecule has 1 saturated heterocycles. The van der Waals surface area contributed by atoms with Crippen LogP contribution in [0.4, 0.5) is 5.69 Å². The Labute approximate surface area is 204 Å². The fourth-order valence-electron chi connectivity index (χ4n) is 5.60. The van der Waals surface area contributed by atoms with E-state index in [-0.39, 0.29) is 30.1 Å². The molecule has 3 amide bonds. The molecule has 0 unspecified atom stereocenters. The molecular weight excluding hydrogens is 444 g/mol. The summed E-state index contributed by atoms with van der Waals surface area (Å²) in [6.07, 6.45) is 4.98. The monoisotopic (exact) mass is 472 g/mol. The second kappa shape index (κ2) is 9.13. The van der Waals surface area contributed by atoms with Gasteiger partial charge in [-0.3, -0.25) is 19.3 Å². The number of esters is 1. The fraction of sp³-hybridized carbons (Fsp3) is 0.357. The van der Waals surface area contributed by atoms with Crippen LogP contribution >= 0.6 is 0 Å². The SMILES string of the molecule is Cc1ccc(NC(=O)COC(=O)[C@@H](Cc2ccccc2)N2C(=O)[C@@H]3[C@H](C2=O)[C@H]2C=C[C@H]3C2)cc1C. The van der Waals surface area contributed by atoms with E-state index in [2.05, 4.69) is 5.32 Å². The number of fused-ring (bicyclic) bond motifs is 5. The van der Waals surface area contributed by atoms with Crippen LogP contribution in [0, 0.1) is 37.5 Å². The van der Waals surface area contributed by atoms with E-state index in [9.17, 15) is 19.2 Å². The predicted molar refractivity (Wildman–Crippen MR) is 129 cm³/mol. The first-order chi connectivity index (χ1) is 16.8. The molecule has 1 saturated carbocycles. The summed E-state index contributed by atoms with van der Waals surface area (Å²) in [4.78, 5) is 53.5. The molecule has 0 spiro atoms. The van der Waals surface area contributed by atoms with Crippen molar-refractivity contribution in [2.45, 2.75) is 32.7 Å². The van der Waals surface area contributed by atoms with Crippen molar-refractivity contribution in [2.24, 2.45) is 23.7 Å². The molecule has 7 heteroatoms. The summed E-state index contributed by atoms with van der Waals surface area (Å²) in [6, 6.07) is 13.6. The van der Waals surface area contributed by atoms with Crippen LogP contribution in [0.5, 0.6) is 0 Å². The Bertz CT molecular complexity index is 1190. The Morgan fingerprint density at radius 3 is 2.26 bits per heavy atom. The topological polar surface area (TPSA) is 92.8 Å². The van der Waals surface area contributed by atoms with Crippen molar-refractivity contribution in [2.75, 3.05) is 11.9 Å². The molecule has 1 N–H and O–H groups in total. The average molecular weight is 473 g/mol. The fourth-order valence-corrected chi connectivity index (χ4v) is 5.60. The Kier molecular flexibility index (Phi) is 6.01. The second-order valence-corrected chi connectivity index (χ2v) is 9.71. The maximum absolute atomic E-state index is 13.3. The second-order valence-electron chi connectivity index (χ2n) is 9.71. The van der Waals surface area contributed by atoms with E-state index >= 15 is 0 Å². The molecule has 180 valence electrons. The number of imide groups is 1. The highest BCUT2D eigenvalue weighted by Gasteiger charge is 2.61. The van der Waals surface area contributed by atoms with E-state index in [1.807, 2.05) is 68.5 Å². The van der Waals surface area contributed by atoms with Gasteiger partial charge in [0.25, 0.3) is 5.91 Å². The van der Waals surface area contributed by atoms with Gasteiger partial charge in [0.05, 0.1) is 11.8 Å². The first-order valence-corrected chi connectivity index (χ1v) is 12.0. The molecule has 5 atom stereocenters. The van der Waals surface area contributed by atoms with E-state index in [0.717, 1.165) is 28.0 Å². The van der Waals surface area contributed by atoms with Gasteiger partial charge in [0.15, 0.2) is 6.61 Å². The van der Waals surface area contributed by atoms with Gasteiger partial charge < -0.3 is 10.1 Å². The van der Waals surface area contributed by atoms with Crippen molar-refractivity contribution in [3.05, 3.63) is 77.4 Å². The molecule has 0 aromatic heterocycles. The molecular formula is C28H28N2O5. The zero-order valence-corrected chi connectivity index (χ0v) is 19.8. The number of ether oxygens (including phenoxy) is 1. The van der Waals surface area contributed by atoms with Gasteiger partial charge in [-0.05, 0) is 60.9 Å². The van der Waals surface area contributed by atoms with Gasteiger partial charge in [-0.2, -0.15) is 0 Å². The summed E-state index contributed by atoms with van der Waals surface area (Å²) in [6.45, 7) is 3.42. The van der Waals surface area contributed by atoms with E-state index in [4.69, 9.17) is 4.74 Å². The van der Waals surface area contributed by atoms with E-state index < -0.39 is 36.4 Å². The van der Waals surface area contributed by atoms with Crippen LogP contribution in [-0.4, -0.2) is 41.2 Å². The van der Waals surface area contributed by atoms with Crippen molar-refractivity contribution in [3.63, 3.8) is 0 Å². The molecule has 2 aromatic rings. The molecule has 7 nitrogen and oxygen atoms in total. The molecule has 2 aliphatic carbocycles. The van der Waals surface area contributed by atoms with Gasteiger partial charge in [0.2, 0.25) is 11.8 Å². The number of rotatable bonds is 7. The summed E-state index contributed by atoms with van der Waals surface area (Å²) in [5, 5.41) is 2.72. The number of anilines is 1. The molecule has 2 bridgehead atoms. The van der Waals surface area contributed by atoms with Crippen LogP contribution in [0.2, 0.25) is 0 Å². The number of carbonyl (C=O) groups is 4. The van der Waals surface area contributed by atoms with Crippen LogP contribution in [0.3, 0.4) is 0 Å². The lowest BCUT2D eigenvalue weighted by Crippen LogP contribution is -2.48. The third-order valence-electron chi connectivity index (χ3n) is 7.50. The van der Waals surface area contributed by atoms with Crippen LogP contribution < -0.4 is 5.32 Å². The van der Waals surface area contributed by atoms with Crippen LogP contribution in [-0.2, 0) is 30.3 Å². The first kappa shape index (κ1) is 23.0. The van der Waals surface area contributed by atoms with Crippen LogP contribution in [0.1, 0.15) is 23.1 Å². The van der Waals surface area contributed by atoms with E-state index in [1.165, 1.54) is 0 Å². The van der Waals surface area contributed by atoms with Crippen molar-refractivity contribution >= 4 is 29.4 Å². The maximum Gasteiger partial charge on any atom is 0.330 e. The normalized spacial score (nSPS) is 25.0. The Balaban J connectivity index is 1.31. The lowest BCUT2D eigenvalue weighted by atomic mass is 9.85. The van der Waals surface area contributed by atoms with Gasteiger partial charge in [-0.1, -0.05) is 48.6 Å². The number of likely N-dealkylation sites (tertiary alicyclic amines) is 1. The summed E-state index contributed by atoms with van der Waals surface area (Å²) in [5.74, 6) is -2.59. The van der Waals surface area contributed by atoms with Gasteiger partial charge in [-0.25, -0.2) is 4.79 Å². The van der Waals surface area contributed by atoms with Gasteiger partial charge in [0.1, 0.15) is 6.04 Å². The molecule has 0 radical (unpaired) electrons. The highest BCUT2D eigenvalue weighted by molar-refractivity contribution is 6.09. The highest BCUT2D eigenvalue weighted by atomic mass is 16.5. The summed E-state index contributed by atoms with van der Waals surface area (Å²) in [7, 11) is 0. The summed E-state index contributed by atoms with van der Waals surface area (Å²) < 4.78 is 5.35. The number of hydrogen-bond donors (Lipinski definition) is 1. The molecule has 3 aliphatic rings. The summed E-state index contributed by atoms with van der Waals surface area (Å²) >= 11 is 0. The third-order valence-corrected chi connectivity index (χ3v) is 7.50. The quantitative estimate of drug-likeness (QED) is 0.380. The minimum absolute atomic E-state index is 0.0450. The summed E-state index contributed by atoms with van der Waals surface area (Å²) in [5.41, 5.74) is 3.54. The van der Waals surface area contributed by atoms with Gasteiger partial charge in [-0.15, -0.1) is 0 Å². The van der Waals surface area contributed by atoms with Crippen LogP contribution in [0.15, 0.2) is 60.7 Å². The minimum Gasteiger partial charge on any atom is -0.454 e. The van der Waals surface area contributed by atoms with Crippen molar-refractivity contribution in [1.29, 1.82) is 0 Å². The number of aryl methyl sites for hydroxylation is 2. The zero-order chi connectivity index (χ0) is 24.7. The Hall–Kier alpha value is -3.74. The van der Waals surface area contributed by atoms with Gasteiger partial charge in [0, 0.05) is 12.1 Å². The largest absolute Gasteiger partial charge is 0.454 e. The predicted octanol–water partition coefficient (Wildman–Crippen LogP) is 3.20. The molecule has 2 aromatic carbocycles. The average Bonchev–Trinajstić information content (AvgIpc) is 3.53. The van der Waals surface area contributed by atoms with E-state index in [0.29, 0.717) is 5.69 Å². The number of amides is 3. The number of nitrogens with one attached hydrogen (secondary N) is 1. The number of benzene rings is 2. The maximum atomic E-state index is 13.3. The Morgan fingerprint density at radius 2 is 1.63 bits per heavy atom.